The number of nitrogens with zero attached hydrogens (tertiary/aromatic N) is 1. The van der Waals surface area contributed by atoms with Crippen LogP contribution in [0.1, 0.15) is 28.8 Å². The van der Waals surface area contributed by atoms with Gasteiger partial charge in [0.25, 0.3) is 0 Å². The van der Waals surface area contributed by atoms with Crippen LogP contribution in [0.25, 0.3) is 0 Å². The molecule has 0 radical (unpaired) electrons. The van der Waals surface area contributed by atoms with Crippen molar-refractivity contribution in [1.29, 1.82) is 5.26 Å². The molecule has 3 heteroatoms. The second-order valence-corrected chi connectivity index (χ2v) is 5.09. The average molecular weight is 264 g/mol. The van der Waals surface area contributed by atoms with Crippen molar-refractivity contribution in [2.45, 2.75) is 24.6 Å². The van der Waals surface area contributed by atoms with Crippen molar-refractivity contribution in [3.8, 4) is 6.07 Å². The maximum absolute atomic E-state index is 10.2. The monoisotopic (exact) mass is 264 g/mol. The van der Waals surface area contributed by atoms with Crippen LogP contribution >= 0.6 is 0 Å². The Bertz CT molecular complexity index is 633. The van der Waals surface area contributed by atoms with Gasteiger partial charge in [0.05, 0.1) is 18.2 Å². The Balaban J connectivity index is 1.86. The van der Waals surface area contributed by atoms with E-state index in [0.717, 1.165) is 16.7 Å². The lowest BCUT2D eigenvalue weighted by Crippen LogP contribution is -2.31. The standard InChI is InChI=1S/C17H16N2O/c18-11-15(12-6-2-1-3-7-12)19-17-14-9-5-4-8-13(14)10-16(17)20/h1-9,15-17,19-20H,10H2/t15-,16-,17+/m1/s1. The highest BCUT2D eigenvalue weighted by molar-refractivity contribution is 5.37. The number of benzene rings is 2. The summed E-state index contributed by atoms with van der Waals surface area (Å²) in [5.74, 6) is 0. The van der Waals surface area contributed by atoms with Gasteiger partial charge in [-0.15, -0.1) is 0 Å². The van der Waals surface area contributed by atoms with E-state index in [2.05, 4.69) is 11.4 Å². The Labute approximate surface area is 118 Å². The van der Waals surface area contributed by atoms with Crippen LogP contribution in [0.3, 0.4) is 0 Å². The average Bonchev–Trinajstić information content (AvgIpc) is 2.81. The van der Waals surface area contributed by atoms with E-state index in [1.54, 1.807) is 0 Å². The first kappa shape index (κ1) is 12.9. The number of aliphatic hydroxyl groups excluding tert-OH is 1. The van der Waals surface area contributed by atoms with E-state index in [4.69, 9.17) is 0 Å². The first-order valence-corrected chi connectivity index (χ1v) is 6.76. The third-order valence-corrected chi connectivity index (χ3v) is 3.81. The molecule has 3 atom stereocenters. The molecule has 0 saturated carbocycles. The summed E-state index contributed by atoms with van der Waals surface area (Å²) in [6.45, 7) is 0. The Morgan fingerprint density at radius 2 is 1.80 bits per heavy atom. The maximum atomic E-state index is 10.2. The molecule has 1 aliphatic carbocycles. The molecule has 2 aromatic rings. The zero-order valence-electron chi connectivity index (χ0n) is 11.0. The number of nitriles is 1. The van der Waals surface area contributed by atoms with E-state index in [1.807, 2.05) is 54.6 Å². The number of rotatable bonds is 3. The summed E-state index contributed by atoms with van der Waals surface area (Å²) in [6.07, 6.45) is 0.160. The van der Waals surface area contributed by atoms with Gasteiger partial charge in [-0.2, -0.15) is 5.26 Å². The molecule has 2 N–H and O–H groups in total. The number of fused-ring (bicyclic) bond motifs is 1. The molecule has 0 spiro atoms. The number of nitrogens with one attached hydrogen (secondary N) is 1. The number of aliphatic hydroxyl groups is 1. The third kappa shape index (κ3) is 2.32. The molecule has 0 aromatic heterocycles. The highest BCUT2D eigenvalue weighted by Crippen LogP contribution is 2.33. The van der Waals surface area contributed by atoms with Gasteiger partial charge < -0.3 is 5.11 Å². The highest BCUT2D eigenvalue weighted by atomic mass is 16.3. The van der Waals surface area contributed by atoms with Crippen molar-refractivity contribution in [3.63, 3.8) is 0 Å². The zero-order chi connectivity index (χ0) is 13.9. The fourth-order valence-corrected chi connectivity index (χ4v) is 2.81. The molecule has 0 unspecified atom stereocenters. The van der Waals surface area contributed by atoms with Gasteiger partial charge in [0.1, 0.15) is 6.04 Å². The van der Waals surface area contributed by atoms with Crippen LogP contribution in [0.4, 0.5) is 0 Å². The summed E-state index contributed by atoms with van der Waals surface area (Å²) >= 11 is 0. The number of hydrogen-bond acceptors (Lipinski definition) is 3. The summed E-state index contributed by atoms with van der Waals surface area (Å²) in [7, 11) is 0. The topological polar surface area (TPSA) is 56.0 Å². The quantitative estimate of drug-likeness (QED) is 0.895. The molecule has 2 aromatic carbocycles. The Kier molecular flexibility index (Phi) is 3.51. The van der Waals surface area contributed by atoms with Crippen molar-refractivity contribution < 1.29 is 5.11 Å². The van der Waals surface area contributed by atoms with Crippen LogP contribution in [0, 0.1) is 11.3 Å². The van der Waals surface area contributed by atoms with Crippen molar-refractivity contribution in [3.05, 3.63) is 71.3 Å². The molecule has 20 heavy (non-hydrogen) atoms. The first-order chi connectivity index (χ1) is 9.79. The lowest BCUT2D eigenvalue weighted by atomic mass is 10.0. The van der Waals surface area contributed by atoms with Crippen molar-refractivity contribution >= 4 is 0 Å². The minimum Gasteiger partial charge on any atom is -0.391 e. The van der Waals surface area contributed by atoms with Gasteiger partial charge >= 0.3 is 0 Å². The predicted octanol–water partition coefficient (Wildman–Crippen LogP) is 2.50. The molecular weight excluding hydrogens is 248 g/mol. The SMILES string of the molecule is N#C[C@@H](N[C@H]1c2ccccc2C[C@H]1O)c1ccccc1. The molecule has 0 heterocycles. The molecule has 0 aliphatic heterocycles. The molecule has 0 bridgehead atoms. The fraction of sp³-hybridized carbons (Fsp3) is 0.235. The molecule has 100 valence electrons. The molecular formula is C17H16N2O. The normalized spacial score (nSPS) is 22.0. The molecule has 1 aliphatic rings. The zero-order valence-corrected chi connectivity index (χ0v) is 11.0. The minimum atomic E-state index is -0.480. The summed E-state index contributed by atoms with van der Waals surface area (Å²) < 4.78 is 0. The van der Waals surface area contributed by atoms with Gasteiger partial charge in [0.2, 0.25) is 0 Å². The van der Waals surface area contributed by atoms with E-state index in [0.29, 0.717) is 6.42 Å². The van der Waals surface area contributed by atoms with Crippen LogP contribution in [0.15, 0.2) is 54.6 Å². The van der Waals surface area contributed by atoms with Crippen LogP contribution in [0.5, 0.6) is 0 Å². The van der Waals surface area contributed by atoms with Gasteiger partial charge in [-0.25, -0.2) is 0 Å². The second kappa shape index (κ2) is 5.46. The largest absolute Gasteiger partial charge is 0.391 e. The lowest BCUT2D eigenvalue weighted by molar-refractivity contribution is 0.138. The summed E-state index contributed by atoms with van der Waals surface area (Å²) in [5.41, 5.74) is 3.17. The van der Waals surface area contributed by atoms with E-state index in [-0.39, 0.29) is 6.04 Å². The van der Waals surface area contributed by atoms with E-state index in [1.165, 1.54) is 0 Å². The van der Waals surface area contributed by atoms with Crippen LogP contribution < -0.4 is 5.32 Å². The Hall–Kier alpha value is -2.15. The van der Waals surface area contributed by atoms with E-state index >= 15 is 0 Å². The van der Waals surface area contributed by atoms with Gasteiger partial charge in [0.15, 0.2) is 0 Å². The molecule has 3 nitrogen and oxygen atoms in total. The molecule has 0 amide bonds. The third-order valence-electron chi connectivity index (χ3n) is 3.81. The smallest absolute Gasteiger partial charge is 0.121 e. The van der Waals surface area contributed by atoms with Crippen LogP contribution in [-0.4, -0.2) is 11.2 Å². The maximum Gasteiger partial charge on any atom is 0.121 e. The van der Waals surface area contributed by atoms with Crippen molar-refractivity contribution in [1.82, 2.24) is 5.32 Å². The molecule has 3 rings (SSSR count). The van der Waals surface area contributed by atoms with Gasteiger partial charge in [-0.3, -0.25) is 5.32 Å². The molecule has 0 fully saturated rings. The second-order valence-electron chi connectivity index (χ2n) is 5.09. The van der Waals surface area contributed by atoms with Gasteiger partial charge in [0, 0.05) is 6.42 Å². The Morgan fingerprint density at radius 1 is 1.10 bits per heavy atom. The van der Waals surface area contributed by atoms with Gasteiger partial charge in [-0.05, 0) is 16.7 Å². The van der Waals surface area contributed by atoms with Crippen LogP contribution in [0.2, 0.25) is 0 Å². The van der Waals surface area contributed by atoms with E-state index in [9.17, 15) is 10.4 Å². The van der Waals surface area contributed by atoms with Crippen molar-refractivity contribution in [2.75, 3.05) is 0 Å². The van der Waals surface area contributed by atoms with Gasteiger partial charge in [-0.1, -0.05) is 54.6 Å². The molecule has 0 saturated heterocycles. The lowest BCUT2D eigenvalue weighted by Gasteiger charge is -2.21. The number of hydrogen-bond donors (Lipinski definition) is 2. The fourth-order valence-electron chi connectivity index (χ4n) is 2.81. The minimum absolute atomic E-state index is 0.184. The first-order valence-electron chi connectivity index (χ1n) is 6.76. The predicted molar refractivity (Wildman–Crippen MR) is 76.8 cm³/mol. The van der Waals surface area contributed by atoms with Crippen molar-refractivity contribution in [2.24, 2.45) is 0 Å². The summed E-state index contributed by atoms with van der Waals surface area (Å²) in [4.78, 5) is 0. The summed E-state index contributed by atoms with van der Waals surface area (Å²) in [6, 6.07) is 19.3. The Morgan fingerprint density at radius 3 is 2.55 bits per heavy atom. The van der Waals surface area contributed by atoms with Crippen LogP contribution in [-0.2, 0) is 6.42 Å². The highest BCUT2D eigenvalue weighted by Gasteiger charge is 2.32. The van der Waals surface area contributed by atoms with E-state index < -0.39 is 12.1 Å². The summed E-state index contributed by atoms with van der Waals surface area (Å²) in [5, 5.41) is 22.9.